The second-order valence-corrected chi connectivity index (χ2v) is 7.11. The summed E-state index contributed by atoms with van der Waals surface area (Å²) < 4.78 is 11.1. The van der Waals surface area contributed by atoms with E-state index in [0.717, 1.165) is 16.5 Å². The molecule has 0 aliphatic carbocycles. The van der Waals surface area contributed by atoms with Gasteiger partial charge in [-0.05, 0) is 55.7 Å². The van der Waals surface area contributed by atoms with Crippen LogP contribution in [0.1, 0.15) is 25.0 Å². The van der Waals surface area contributed by atoms with Crippen molar-refractivity contribution in [2.45, 2.75) is 26.4 Å². The topological polar surface area (TPSA) is 87.1 Å². The van der Waals surface area contributed by atoms with E-state index in [-0.39, 0.29) is 11.7 Å². The van der Waals surface area contributed by atoms with Crippen molar-refractivity contribution in [2.24, 2.45) is 0 Å². The predicted octanol–water partition coefficient (Wildman–Crippen LogP) is 4.23. The minimum absolute atomic E-state index is 0.0119. The second-order valence-electron chi connectivity index (χ2n) is 7.11. The van der Waals surface area contributed by atoms with E-state index in [1.54, 1.807) is 31.4 Å². The first-order valence-corrected chi connectivity index (χ1v) is 9.81. The molecular weight excluding hydrogens is 378 g/mol. The number of ether oxygens (including phenoxy) is 2. The molecule has 2 N–H and O–H groups in total. The first-order chi connectivity index (χ1) is 14.5. The highest BCUT2D eigenvalue weighted by atomic mass is 16.5. The Kier molecular flexibility index (Phi) is 6.76. The van der Waals surface area contributed by atoms with Crippen LogP contribution in [0.25, 0.3) is 17.0 Å². The zero-order valence-electron chi connectivity index (χ0n) is 17.4. The number of nitriles is 1. The standard InChI is InChI=1S/C24H25N3O3/c1-16(2)30-22-9-8-17(13-23(22)29-3)12-19(14-25)24(28)26-11-10-18-15-27-21-7-5-4-6-20(18)21/h4-9,12-13,15-16,27H,10-11H2,1-3H3,(H,26,28)/b19-12-. The molecule has 0 saturated carbocycles. The number of carbonyl (C=O) groups is 1. The van der Waals surface area contributed by atoms with Gasteiger partial charge in [-0.1, -0.05) is 24.3 Å². The van der Waals surface area contributed by atoms with Crippen molar-refractivity contribution in [1.82, 2.24) is 10.3 Å². The third kappa shape index (κ3) is 5.00. The largest absolute Gasteiger partial charge is 0.493 e. The quantitative estimate of drug-likeness (QED) is 0.435. The minimum Gasteiger partial charge on any atom is -0.493 e. The maximum absolute atomic E-state index is 12.5. The van der Waals surface area contributed by atoms with Gasteiger partial charge in [0.2, 0.25) is 0 Å². The maximum Gasteiger partial charge on any atom is 0.261 e. The Morgan fingerprint density at radius 1 is 1.23 bits per heavy atom. The number of aromatic nitrogens is 1. The van der Waals surface area contributed by atoms with E-state index in [9.17, 15) is 10.1 Å². The number of nitrogens with zero attached hydrogens (tertiary/aromatic N) is 1. The SMILES string of the molecule is COc1cc(/C=C(/C#N)C(=O)NCCc2c[nH]c3ccccc23)ccc1OC(C)C. The number of para-hydroxylation sites is 1. The van der Waals surface area contributed by atoms with E-state index >= 15 is 0 Å². The first-order valence-electron chi connectivity index (χ1n) is 9.81. The summed E-state index contributed by atoms with van der Waals surface area (Å²) in [5.41, 5.74) is 2.91. The summed E-state index contributed by atoms with van der Waals surface area (Å²) in [7, 11) is 1.55. The van der Waals surface area contributed by atoms with Gasteiger partial charge in [-0.25, -0.2) is 0 Å². The highest BCUT2D eigenvalue weighted by Crippen LogP contribution is 2.29. The fraction of sp³-hybridized carbons (Fsp3) is 0.250. The number of rotatable bonds is 8. The molecule has 1 heterocycles. The van der Waals surface area contributed by atoms with Gasteiger partial charge >= 0.3 is 0 Å². The Balaban J connectivity index is 1.67. The number of amides is 1. The van der Waals surface area contributed by atoms with E-state index in [1.807, 2.05) is 50.4 Å². The molecule has 154 valence electrons. The molecule has 1 aromatic heterocycles. The number of hydrogen-bond donors (Lipinski definition) is 2. The summed E-state index contributed by atoms with van der Waals surface area (Å²) in [5.74, 6) is 0.764. The van der Waals surface area contributed by atoms with Crippen molar-refractivity contribution in [3.05, 3.63) is 65.4 Å². The van der Waals surface area contributed by atoms with Crippen LogP contribution in [0.4, 0.5) is 0 Å². The van der Waals surface area contributed by atoms with Gasteiger partial charge in [-0.2, -0.15) is 5.26 Å². The molecule has 0 radical (unpaired) electrons. The van der Waals surface area contributed by atoms with Gasteiger partial charge < -0.3 is 19.8 Å². The van der Waals surface area contributed by atoms with Gasteiger partial charge in [-0.3, -0.25) is 4.79 Å². The first kappa shape index (κ1) is 21.0. The van der Waals surface area contributed by atoms with Crippen LogP contribution in [-0.4, -0.2) is 30.6 Å². The van der Waals surface area contributed by atoms with E-state index in [4.69, 9.17) is 9.47 Å². The molecule has 1 amide bonds. The van der Waals surface area contributed by atoms with Crippen LogP contribution < -0.4 is 14.8 Å². The molecule has 0 bridgehead atoms. The second kappa shape index (κ2) is 9.66. The van der Waals surface area contributed by atoms with Gasteiger partial charge in [0.25, 0.3) is 5.91 Å². The molecule has 6 nitrogen and oxygen atoms in total. The van der Waals surface area contributed by atoms with E-state index in [1.165, 1.54) is 0 Å². The fourth-order valence-corrected chi connectivity index (χ4v) is 3.18. The van der Waals surface area contributed by atoms with Crippen LogP contribution in [0.5, 0.6) is 11.5 Å². The zero-order valence-corrected chi connectivity index (χ0v) is 17.4. The number of carbonyl (C=O) groups excluding carboxylic acids is 1. The maximum atomic E-state index is 12.5. The van der Waals surface area contributed by atoms with Gasteiger partial charge in [-0.15, -0.1) is 0 Å². The predicted molar refractivity (Wildman–Crippen MR) is 117 cm³/mol. The smallest absolute Gasteiger partial charge is 0.261 e. The molecular formula is C24H25N3O3. The lowest BCUT2D eigenvalue weighted by Crippen LogP contribution is -2.26. The number of fused-ring (bicyclic) bond motifs is 1. The van der Waals surface area contributed by atoms with Crippen LogP contribution in [0.15, 0.2) is 54.2 Å². The molecule has 2 aromatic carbocycles. The van der Waals surface area contributed by atoms with Crippen molar-refractivity contribution in [3.63, 3.8) is 0 Å². The van der Waals surface area contributed by atoms with Gasteiger partial charge in [0, 0.05) is 23.6 Å². The Bertz CT molecular complexity index is 1110. The molecule has 0 atom stereocenters. The Morgan fingerprint density at radius 2 is 2.03 bits per heavy atom. The van der Waals surface area contributed by atoms with Crippen molar-refractivity contribution in [1.29, 1.82) is 5.26 Å². The number of nitrogens with one attached hydrogen (secondary N) is 2. The van der Waals surface area contributed by atoms with Gasteiger partial charge in [0.1, 0.15) is 11.6 Å². The van der Waals surface area contributed by atoms with Crippen LogP contribution >= 0.6 is 0 Å². The summed E-state index contributed by atoms with van der Waals surface area (Å²) in [6.07, 6.45) is 4.18. The average molecular weight is 403 g/mol. The summed E-state index contributed by atoms with van der Waals surface area (Å²) in [6.45, 7) is 4.30. The molecule has 0 spiro atoms. The van der Waals surface area contributed by atoms with Crippen LogP contribution in [0.2, 0.25) is 0 Å². The molecule has 0 unspecified atom stereocenters. The van der Waals surface area contributed by atoms with E-state index in [2.05, 4.69) is 10.3 Å². The van der Waals surface area contributed by atoms with E-state index < -0.39 is 5.91 Å². The number of aromatic amines is 1. The molecule has 3 aromatic rings. The number of methoxy groups -OCH3 is 1. The monoisotopic (exact) mass is 403 g/mol. The molecule has 6 heteroatoms. The van der Waals surface area contributed by atoms with Crippen molar-refractivity contribution < 1.29 is 14.3 Å². The lowest BCUT2D eigenvalue weighted by Gasteiger charge is -2.13. The fourth-order valence-electron chi connectivity index (χ4n) is 3.18. The normalized spacial score (nSPS) is 11.4. The van der Waals surface area contributed by atoms with Crippen LogP contribution in [-0.2, 0) is 11.2 Å². The van der Waals surface area contributed by atoms with Gasteiger partial charge in [0.05, 0.1) is 13.2 Å². The highest BCUT2D eigenvalue weighted by molar-refractivity contribution is 6.01. The number of H-pyrrole nitrogens is 1. The Labute approximate surface area is 176 Å². The van der Waals surface area contributed by atoms with Crippen LogP contribution in [0, 0.1) is 11.3 Å². The Hall–Kier alpha value is -3.72. The van der Waals surface area contributed by atoms with Crippen molar-refractivity contribution in [3.8, 4) is 17.6 Å². The summed E-state index contributed by atoms with van der Waals surface area (Å²) in [5, 5.41) is 13.4. The highest BCUT2D eigenvalue weighted by Gasteiger charge is 2.12. The van der Waals surface area contributed by atoms with Gasteiger partial charge in [0.15, 0.2) is 11.5 Å². The minimum atomic E-state index is -0.404. The lowest BCUT2D eigenvalue weighted by atomic mass is 10.1. The molecule has 3 rings (SSSR count). The third-order valence-electron chi connectivity index (χ3n) is 4.58. The van der Waals surface area contributed by atoms with E-state index in [0.29, 0.717) is 30.0 Å². The third-order valence-corrected chi connectivity index (χ3v) is 4.58. The molecule has 0 aliphatic rings. The average Bonchev–Trinajstić information content (AvgIpc) is 3.15. The summed E-state index contributed by atoms with van der Waals surface area (Å²) in [6, 6.07) is 15.3. The summed E-state index contributed by atoms with van der Waals surface area (Å²) >= 11 is 0. The molecule has 0 fully saturated rings. The molecule has 0 aliphatic heterocycles. The zero-order chi connectivity index (χ0) is 21.5. The lowest BCUT2D eigenvalue weighted by molar-refractivity contribution is -0.117. The van der Waals surface area contributed by atoms with Crippen LogP contribution in [0.3, 0.4) is 0 Å². The van der Waals surface area contributed by atoms with Crippen molar-refractivity contribution in [2.75, 3.05) is 13.7 Å². The molecule has 30 heavy (non-hydrogen) atoms. The number of hydrogen-bond acceptors (Lipinski definition) is 4. The summed E-state index contributed by atoms with van der Waals surface area (Å²) in [4.78, 5) is 15.7. The van der Waals surface area contributed by atoms with Crippen molar-refractivity contribution >= 4 is 22.9 Å². The Morgan fingerprint density at radius 3 is 2.77 bits per heavy atom. The molecule has 0 saturated heterocycles. The number of benzene rings is 2.